The van der Waals surface area contributed by atoms with E-state index in [1.807, 2.05) is 6.07 Å². The topological polar surface area (TPSA) is 81.0 Å². The lowest BCUT2D eigenvalue weighted by Gasteiger charge is -2.39. The van der Waals surface area contributed by atoms with Crippen LogP contribution in [0.5, 0.6) is 11.5 Å². The Morgan fingerprint density at radius 3 is 2.58 bits per heavy atom. The van der Waals surface area contributed by atoms with Crippen LogP contribution in [-0.4, -0.2) is 43.7 Å². The SMILES string of the molecule is CN1CCc2cccc3c2[C@H]1Cc1ccc(O)c(O)c1-3.CS(=O)O. The highest BCUT2D eigenvalue weighted by atomic mass is 32.2. The van der Waals surface area contributed by atoms with Crippen molar-refractivity contribution >= 4 is 11.1 Å². The molecule has 2 aromatic carbocycles. The number of nitrogens with zero attached hydrogens (tertiary/aromatic N) is 1. The van der Waals surface area contributed by atoms with Crippen molar-refractivity contribution in [1.29, 1.82) is 0 Å². The van der Waals surface area contributed by atoms with Crippen LogP contribution in [0.4, 0.5) is 0 Å². The van der Waals surface area contributed by atoms with Gasteiger partial charge in [0.2, 0.25) is 0 Å². The predicted molar refractivity (Wildman–Crippen MR) is 94.7 cm³/mol. The molecule has 2 aromatic rings. The van der Waals surface area contributed by atoms with Gasteiger partial charge >= 0.3 is 0 Å². The predicted octanol–water partition coefficient (Wildman–Crippen LogP) is 2.69. The zero-order chi connectivity index (χ0) is 17.4. The quantitative estimate of drug-likeness (QED) is 0.504. The average molecular weight is 347 g/mol. The average Bonchev–Trinajstić information content (AvgIpc) is 2.53. The molecule has 0 amide bonds. The lowest BCUT2D eigenvalue weighted by atomic mass is 9.77. The van der Waals surface area contributed by atoms with Gasteiger partial charge in [0.25, 0.3) is 0 Å². The molecule has 0 spiro atoms. The van der Waals surface area contributed by atoms with Gasteiger partial charge in [-0.05, 0) is 48.2 Å². The van der Waals surface area contributed by atoms with Crippen LogP contribution in [0.1, 0.15) is 22.7 Å². The molecule has 0 saturated heterocycles. The van der Waals surface area contributed by atoms with E-state index in [-0.39, 0.29) is 11.5 Å². The van der Waals surface area contributed by atoms with E-state index in [0.29, 0.717) is 6.04 Å². The first-order valence-corrected chi connectivity index (χ1v) is 9.30. The zero-order valence-electron chi connectivity index (χ0n) is 13.7. The third-order valence-corrected chi connectivity index (χ3v) is 4.72. The van der Waals surface area contributed by atoms with Gasteiger partial charge in [-0.1, -0.05) is 24.3 Å². The molecule has 0 aromatic heterocycles. The van der Waals surface area contributed by atoms with Crippen LogP contribution in [-0.2, 0) is 23.9 Å². The Labute approximate surface area is 143 Å². The molecule has 1 aliphatic heterocycles. The van der Waals surface area contributed by atoms with Gasteiger partial charge in [-0.25, -0.2) is 4.21 Å². The number of rotatable bonds is 0. The van der Waals surface area contributed by atoms with E-state index in [2.05, 4.69) is 30.1 Å². The molecule has 128 valence electrons. The van der Waals surface area contributed by atoms with Crippen LogP contribution < -0.4 is 0 Å². The normalized spacial score (nSPS) is 19.5. The van der Waals surface area contributed by atoms with Crippen molar-refractivity contribution in [2.24, 2.45) is 0 Å². The molecule has 24 heavy (non-hydrogen) atoms. The van der Waals surface area contributed by atoms with Crippen molar-refractivity contribution in [2.75, 3.05) is 19.8 Å². The number of hydrogen-bond donors (Lipinski definition) is 3. The molecule has 0 bridgehead atoms. The third kappa shape index (κ3) is 2.92. The lowest BCUT2D eigenvalue weighted by Crippen LogP contribution is -2.35. The molecule has 1 aliphatic carbocycles. The molecule has 0 saturated carbocycles. The van der Waals surface area contributed by atoms with Gasteiger partial charge in [-0.2, -0.15) is 0 Å². The summed E-state index contributed by atoms with van der Waals surface area (Å²) in [5.41, 5.74) is 5.71. The number of fused-ring (bicyclic) bond motifs is 2. The minimum Gasteiger partial charge on any atom is -0.504 e. The van der Waals surface area contributed by atoms with Crippen LogP contribution >= 0.6 is 0 Å². The van der Waals surface area contributed by atoms with Crippen LogP contribution in [0.3, 0.4) is 0 Å². The summed E-state index contributed by atoms with van der Waals surface area (Å²) >= 11 is -1.61. The molecular weight excluding hydrogens is 326 g/mol. The van der Waals surface area contributed by atoms with Crippen LogP contribution in [0.25, 0.3) is 11.1 Å². The van der Waals surface area contributed by atoms with E-state index in [1.54, 1.807) is 6.07 Å². The monoisotopic (exact) mass is 347 g/mol. The number of benzene rings is 2. The second-order valence-corrected chi connectivity index (χ2v) is 7.07. The van der Waals surface area contributed by atoms with Crippen molar-refractivity contribution < 1.29 is 19.0 Å². The van der Waals surface area contributed by atoms with Gasteiger partial charge in [0.15, 0.2) is 11.5 Å². The number of aromatic hydroxyl groups is 2. The summed E-state index contributed by atoms with van der Waals surface area (Å²) in [6.07, 6.45) is 3.13. The first-order chi connectivity index (χ1) is 11.4. The smallest absolute Gasteiger partial charge is 0.165 e. The molecule has 1 unspecified atom stereocenters. The van der Waals surface area contributed by atoms with Crippen molar-refractivity contribution in [1.82, 2.24) is 4.90 Å². The summed E-state index contributed by atoms with van der Waals surface area (Å²) in [4.78, 5) is 2.39. The fourth-order valence-electron chi connectivity index (χ4n) is 3.67. The highest BCUT2D eigenvalue weighted by molar-refractivity contribution is 7.78. The molecule has 6 heteroatoms. The van der Waals surface area contributed by atoms with E-state index < -0.39 is 11.1 Å². The van der Waals surface area contributed by atoms with Gasteiger partial charge in [-0.3, -0.25) is 4.90 Å². The lowest BCUT2D eigenvalue weighted by molar-refractivity contribution is 0.228. The van der Waals surface area contributed by atoms with E-state index >= 15 is 0 Å². The first kappa shape index (κ1) is 17.0. The third-order valence-electron chi connectivity index (χ3n) is 4.72. The Morgan fingerprint density at radius 2 is 1.88 bits per heavy atom. The largest absolute Gasteiger partial charge is 0.504 e. The summed E-state index contributed by atoms with van der Waals surface area (Å²) in [6.45, 7) is 1.07. The van der Waals surface area contributed by atoms with Crippen LogP contribution in [0, 0.1) is 0 Å². The molecule has 4 rings (SSSR count). The van der Waals surface area contributed by atoms with Crippen molar-refractivity contribution in [3.63, 3.8) is 0 Å². The molecule has 3 N–H and O–H groups in total. The molecule has 2 atom stereocenters. The van der Waals surface area contributed by atoms with Gasteiger partial charge < -0.3 is 14.8 Å². The van der Waals surface area contributed by atoms with Gasteiger partial charge in [0, 0.05) is 24.4 Å². The highest BCUT2D eigenvalue weighted by Crippen LogP contribution is 2.49. The van der Waals surface area contributed by atoms with Gasteiger partial charge in [-0.15, -0.1) is 0 Å². The fraction of sp³-hybridized carbons (Fsp3) is 0.333. The molecule has 0 fully saturated rings. The van der Waals surface area contributed by atoms with Crippen LogP contribution in [0.15, 0.2) is 30.3 Å². The minimum atomic E-state index is -1.61. The van der Waals surface area contributed by atoms with Gasteiger partial charge in [0.05, 0.1) is 0 Å². The van der Waals surface area contributed by atoms with Crippen molar-refractivity contribution in [3.8, 4) is 22.6 Å². The second kappa shape index (κ2) is 6.55. The van der Waals surface area contributed by atoms with Gasteiger partial charge in [0.1, 0.15) is 11.1 Å². The van der Waals surface area contributed by atoms with E-state index in [1.165, 1.54) is 17.4 Å². The van der Waals surface area contributed by atoms with E-state index in [9.17, 15) is 10.2 Å². The Bertz CT molecular complexity index is 802. The van der Waals surface area contributed by atoms with Crippen molar-refractivity contribution in [3.05, 3.63) is 47.0 Å². The number of likely N-dealkylation sites (N-methyl/N-ethyl adjacent to an activating group) is 1. The summed E-state index contributed by atoms with van der Waals surface area (Å²) in [6, 6.07) is 10.2. The molecule has 5 nitrogen and oxygen atoms in total. The molecule has 2 aliphatic rings. The summed E-state index contributed by atoms with van der Waals surface area (Å²) in [5, 5.41) is 20.1. The maximum atomic E-state index is 10.3. The summed E-state index contributed by atoms with van der Waals surface area (Å²) < 4.78 is 16.6. The number of hydrogen-bond acceptors (Lipinski definition) is 4. The Kier molecular flexibility index (Phi) is 4.62. The van der Waals surface area contributed by atoms with E-state index in [0.717, 1.165) is 36.1 Å². The minimum absolute atomic E-state index is 0.0163. The number of phenols is 2. The fourth-order valence-corrected chi connectivity index (χ4v) is 3.67. The summed E-state index contributed by atoms with van der Waals surface area (Å²) in [5.74, 6) is -0.0217. The summed E-state index contributed by atoms with van der Waals surface area (Å²) in [7, 11) is 2.16. The Balaban J connectivity index is 0.000000383. The van der Waals surface area contributed by atoms with Crippen LogP contribution in [0.2, 0.25) is 0 Å². The number of phenolic OH excluding ortho intramolecular Hbond substituents is 2. The van der Waals surface area contributed by atoms with Crippen molar-refractivity contribution in [2.45, 2.75) is 18.9 Å². The molecular formula is C18H21NO4S. The van der Waals surface area contributed by atoms with E-state index in [4.69, 9.17) is 8.76 Å². The standard InChI is InChI=1S/C17H17NO2.CH4O2S/c1-18-8-7-10-3-2-4-12-15(10)13(18)9-11-5-6-14(19)17(20)16(11)12;1-4(2)3/h2-6,13,19-20H,7-9H2,1H3;1H3,(H,2,3)/t13-;/m1./s1. The highest BCUT2D eigenvalue weighted by Gasteiger charge is 2.34. The maximum absolute atomic E-state index is 10.3. The Hall–Kier alpha value is -1.89. The molecule has 0 radical (unpaired) electrons. The Morgan fingerprint density at radius 1 is 1.17 bits per heavy atom. The molecule has 1 heterocycles. The zero-order valence-corrected chi connectivity index (χ0v) is 14.5. The second-order valence-electron chi connectivity index (χ2n) is 6.22. The maximum Gasteiger partial charge on any atom is 0.165 e. The first-order valence-electron chi connectivity index (χ1n) is 7.79.